The van der Waals surface area contributed by atoms with Gasteiger partial charge in [-0.25, -0.2) is 0 Å². The lowest BCUT2D eigenvalue weighted by atomic mass is 10.0. The minimum Gasteiger partial charge on any atom is -0.383 e. The molecule has 1 N–H and O–H groups in total. The number of nitrogens with one attached hydrogen (secondary N) is 1. The van der Waals surface area contributed by atoms with Crippen LogP contribution in [0.2, 0.25) is 0 Å². The van der Waals surface area contributed by atoms with Crippen LogP contribution in [0.5, 0.6) is 0 Å². The van der Waals surface area contributed by atoms with Crippen LogP contribution in [0.4, 0.5) is 26.3 Å². The van der Waals surface area contributed by atoms with Crippen LogP contribution in [0, 0.1) is 0 Å². The molecule has 0 aliphatic rings. The summed E-state index contributed by atoms with van der Waals surface area (Å²) in [4.78, 5) is 3.98. The van der Waals surface area contributed by atoms with Gasteiger partial charge < -0.3 is 14.4 Å². The summed E-state index contributed by atoms with van der Waals surface area (Å²) in [6.45, 7) is 1.28. The van der Waals surface area contributed by atoms with Crippen molar-refractivity contribution in [2.45, 2.75) is 38.1 Å². The van der Waals surface area contributed by atoms with Gasteiger partial charge >= 0.3 is 12.4 Å². The van der Waals surface area contributed by atoms with Crippen LogP contribution >= 0.6 is 0 Å². The molecule has 214 valence electrons. The molecule has 1 unspecified atom stereocenters. The Hall–Kier alpha value is -3.00. The number of nitrogens with zero attached hydrogens (tertiary/aromatic N) is 4. The van der Waals surface area contributed by atoms with Crippen molar-refractivity contribution in [2.24, 2.45) is 0 Å². The van der Waals surface area contributed by atoms with E-state index in [1.54, 1.807) is 7.11 Å². The van der Waals surface area contributed by atoms with E-state index >= 15 is 0 Å². The zero-order chi connectivity index (χ0) is 28.6. The van der Waals surface area contributed by atoms with Crippen molar-refractivity contribution in [3.63, 3.8) is 0 Å². The Bertz CT molecular complexity index is 1140. The van der Waals surface area contributed by atoms with E-state index in [0.29, 0.717) is 44.1 Å². The minimum absolute atomic E-state index is 0.00775. The summed E-state index contributed by atoms with van der Waals surface area (Å²) in [5, 5.41) is 11.2. The maximum atomic E-state index is 13.3. The second-order valence-corrected chi connectivity index (χ2v) is 9.27. The zero-order valence-electron chi connectivity index (χ0n) is 21.8. The minimum atomic E-state index is -4.93. The lowest BCUT2D eigenvalue weighted by Crippen LogP contribution is -2.34. The first-order valence-corrected chi connectivity index (χ1v) is 12.1. The third kappa shape index (κ3) is 9.02. The fourth-order valence-corrected chi connectivity index (χ4v) is 4.05. The summed E-state index contributed by atoms with van der Waals surface area (Å²) in [5.41, 5.74) is -0.677. The SMILES string of the molecule is COCCN(Cc1n[nH]nc1CN(C)C)C(COCc1cc(C(F)(F)F)cc(C(F)(F)F)c1)c1ccccc1. The molecule has 39 heavy (non-hydrogen) atoms. The van der Waals surface area contributed by atoms with E-state index in [-0.39, 0.29) is 18.2 Å². The number of rotatable bonds is 13. The third-order valence-corrected chi connectivity index (χ3v) is 5.92. The number of ether oxygens (including phenoxy) is 2. The Morgan fingerprint density at radius 3 is 2.00 bits per heavy atom. The van der Waals surface area contributed by atoms with E-state index in [4.69, 9.17) is 9.47 Å². The highest BCUT2D eigenvalue weighted by Gasteiger charge is 2.37. The molecule has 3 aromatic rings. The van der Waals surface area contributed by atoms with Crippen molar-refractivity contribution in [1.82, 2.24) is 25.2 Å². The standard InChI is InChI=1S/C26H31F6N5O2/c1-36(2)14-22-23(34-35-33-22)15-37(9-10-38-3)24(19-7-5-4-6-8-19)17-39-16-18-11-20(25(27,28)29)13-21(12-18)26(30,31)32/h4-8,11-13,24H,9-10,14-17H2,1-3H3,(H,33,34,35). The fraction of sp³-hybridized carbons (Fsp3) is 0.462. The van der Waals surface area contributed by atoms with Crippen LogP contribution in [0.25, 0.3) is 0 Å². The van der Waals surface area contributed by atoms with Gasteiger partial charge in [-0.05, 0) is 43.4 Å². The topological polar surface area (TPSA) is 66.5 Å². The molecule has 0 amide bonds. The Morgan fingerprint density at radius 2 is 1.46 bits per heavy atom. The maximum Gasteiger partial charge on any atom is 0.416 e. The van der Waals surface area contributed by atoms with Gasteiger partial charge in [0.15, 0.2) is 0 Å². The summed E-state index contributed by atoms with van der Waals surface area (Å²) in [6, 6.07) is 10.3. The van der Waals surface area contributed by atoms with Crippen molar-refractivity contribution in [3.05, 3.63) is 82.2 Å². The zero-order valence-corrected chi connectivity index (χ0v) is 21.8. The molecule has 13 heteroatoms. The molecular formula is C26H31F6N5O2. The second kappa shape index (κ2) is 13.4. The molecule has 2 aromatic carbocycles. The molecule has 1 aromatic heterocycles. The van der Waals surface area contributed by atoms with Gasteiger partial charge in [0.1, 0.15) is 11.4 Å². The van der Waals surface area contributed by atoms with Gasteiger partial charge in [0.05, 0.1) is 37.0 Å². The summed E-state index contributed by atoms with van der Waals surface area (Å²) in [5.74, 6) is 0. The second-order valence-electron chi connectivity index (χ2n) is 9.27. The number of methoxy groups -OCH3 is 1. The molecule has 1 heterocycles. The average molecular weight is 560 g/mol. The Kier molecular flexibility index (Phi) is 10.5. The van der Waals surface area contributed by atoms with E-state index in [9.17, 15) is 26.3 Å². The summed E-state index contributed by atoms with van der Waals surface area (Å²) in [6.07, 6.45) is -9.86. The van der Waals surface area contributed by atoms with Gasteiger partial charge in [0, 0.05) is 26.7 Å². The van der Waals surface area contributed by atoms with E-state index in [2.05, 4.69) is 15.4 Å². The first kappa shape index (κ1) is 30.5. The predicted octanol–water partition coefficient (Wildman–Crippen LogP) is 5.31. The quantitative estimate of drug-likeness (QED) is 0.287. The lowest BCUT2D eigenvalue weighted by Gasteiger charge is -2.31. The molecule has 7 nitrogen and oxygen atoms in total. The van der Waals surface area contributed by atoms with E-state index < -0.39 is 36.1 Å². The number of benzene rings is 2. The number of hydrogen-bond acceptors (Lipinski definition) is 6. The number of alkyl halides is 6. The predicted molar refractivity (Wildman–Crippen MR) is 131 cm³/mol. The number of hydrogen-bond donors (Lipinski definition) is 1. The van der Waals surface area contributed by atoms with Gasteiger partial charge in [-0.1, -0.05) is 30.3 Å². The van der Waals surface area contributed by atoms with Gasteiger partial charge in [-0.15, -0.1) is 0 Å². The van der Waals surface area contributed by atoms with Crippen LogP contribution in [0.3, 0.4) is 0 Å². The molecule has 1 atom stereocenters. The summed E-state index contributed by atoms with van der Waals surface area (Å²) in [7, 11) is 5.37. The monoisotopic (exact) mass is 559 g/mol. The van der Waals surface area contributed by atoms with Crippen LogP contribution in [-0.4, -0.2) is 66.2 Å². The van der Waals surface area contributed by atoms with Crippen molar-refractivity contribution >= 4 is 0 Å². The van der Waals surface area contributed by atoms with Crippen LogP contribution in [-0.2, 0) is 41.5 Å². The first-order chi connectivity index (χ1) is 18.4. The van der Waals surface area contributed by atoms with Gasteiger partial charge in [-0.3, -0.25) is 4.90 Å². The number of halogens is 6. The van der Waals surface area contributed by atoms with E-state index in [1.165, 1.54) is 0 Å². The average Bonchev–Trinajstić information content (AvgIpc) is 3.29. The summed E-state index contributed by atoms with van der Waals surface area (Å²) < 4.78 is 90.8. The lowest BCUT2D eigenvalue weighted by molar-refractivity contribution is -0.143. The number of aromatic amines is 1. The maximum absolute atomic E-state index is 13.3. The molecule has 0 spiro atoms. The van der Waals surface area contributed by atoms with Crippen molar-refractivity contribution in [1.29, 1.82) is 0 Å². The largest absolute Gasteiger partial charge is 0.416 e. The van der Waals surface area contributed by atoms with Gasteiger partial charge in [0.2, 0.25) is 0 Å². The van der Waals surface area contributed by atoms with Crippen molar-refractivity contribution in [2.75, 3.05) is 41.0 Å². The highest BCUT2D eigenvalue weighted by Crippen LogP contribution is 2.36. The highest BCUT2D eigenvalue weighted by atomic mass is 19.4. The molecule has 0 saturated carbocycles. The van der Waals surface area contributed by atoms with Crippen LogP contribution in [0.1, 0.15) is 39.7 Å². The van der Waals surface area contributed by atoms with Gasteiger partial charge in [-0.2, -0.15) is 41.8 Å². The number of H-pyrrole nitrogens is 1. The molecule has 0 bridgehead atoms. The fourth-order valence-electron chi connectivity index (χ4n) is 4.05. The molecule has 0 saturated heterocycles. The smallest absolute Gasteiger partial charge is 0.383 e. The number of aromatic nitrogens is 3. The summed E-state index contributed by atoms with van der Waals surface area (Å²) >= 11 is 0. The molecule has 0 aliphatic heterocycles. The molecule has 0 fully saturated rings. The van der Waals surface area contributed by atoms with Crippen molar-refractivity contribution < 1.29 is 35.8 Å². The van der Waals surface area contributed by atoms with Crippen LogP contribution in [0.15, 0.2) is 48.5 Å². The van der Waals surface area contributed by atoms with E-state index in [1.807, 2.05) is 54.2 Å². The van der Waals surface area contributed by atoms with Crippen LogP contribution < -0.4 is 0 Å². The van der Waals surface area contributed by atoms with Gasteiger partial charge in [0.25, 0.3) is 0 Å². The molecule has 3 rings (SSSR count). The molecule has 0 radical (unpaired) electrons. The first-order valence-electron chi connectivity index (χ1n) is 12.1. The highest BCUT2D eigenvalue weighted by molar-refractivity contribution is 5.33. The molecule has 0 aliphatic carbocycles. The third-order valence-electron chi connectivity index (χ3n) is 5.92. The Balaban J connectivity index is 1.86. The Labute approximate surface area is 222 Å². The van der Waals surface area contributed by atoms with E-state index in [0.717, 1.165) is 11.3 Å². The Morgan fingerprint density at radius 1 is 0.872 bits per heavy atom. The normalized spacial score (nSPS) is 13.4. The molecular weight excluding hydrogens is 528 g/mol. The van der Waals surface area contributed by atoms with Crippen molar-refractivity contribution in [3.8, 4) is 0 Å².